The molecule has 0 spiro atoms. The number of ether oxygens (including phenoxy) is 1. The van der Waals surface area contributed by atoms with Gasteiger partial charge in [-0.3, -0.25) is 10.1 Å². The molecule has 20 heavy (non-hydrogen) atoms. The SMILES string of the molecule is C[C@H](NC(=O)OC(C)(C)C)[C@H]1CCCC[C@@H](C(=O)O)N1. The molecule has 0 aromatic rings. The summed E-state index contributed by atoms with van der Waals surface area (Å²) in [4.78, 5) is 22.8. The molecule has 6 nitrogen and oxygen atoms in total. The van der Waals surface area contributed by atoms with Crippen LogP contribution in [0.4, 0.5) is 4.79 Å². The second-order valence-electron chi connectivity index (χ2n) is 6.38. The fraction of sp³-hybridized carbons (Fsp3) is 0.857. The van der Waals surface area contributed by atoms with Crippen LogP contribution in [0, 0.1) is 0 Å². The van der Waals surface area contributed by atoms with E-state index in [0.29, 0.717) is 6.42 Å². The lowest BCUT2D eigenvalue weighted by Gasteiger charge is -2.28. The van der Waals surface area contributed by atoms with Gasteiger partial charge in [0, 0.05) is 12.1 Å². The third-order valence-corrected chi connectivity index (χ3v) is 3.32. The summed E-state index contributed by atoms with van der Waals surface area (Å²) in [6.45, 7) is 7.29. The molecular formula is C14H26N2O4. The molecule has 1 amide bonds. The number of amides is 1. The van der Waals surface area contributed by atoms with Crippen molar-refractivity contribution in [1.82, 2.24) is 10.6 Å². The summed E-state index contributed by atoms with van der Waals surface area (Å²) >= 11 is 0. The average molecular weight is 286 g/mol. The molecule has 116 valence electrons. The molecule has 1 fully saturated rings. The molecule has 6 heteroatoms. The van der Waals surface area contributed by atoms with Gasteiger partial charge in [-0.15, -0.1) is 0 Å². The van der Waals surface area contributed by atoms with Gasteiger partial charge in [0.05, 0.1) is 0 Å². The number of carboxylic acids is 1. The Morgan fingerprint density at radius 3 is 2.45 bits per heavy atom. The number of carbonyl (C=O) groups excluding carboxylic acids is 1. The summed E-state index contributed by atoms with van der Waals surface area (Å²) in [5.41, 5.74) is -0.537. The number of nitrogens with one attached hydrogen (secondary N) is 2. The Hall–Kier alpha value is -1.30. The van der Waals surface area contributed by atoms with Crippen LogP contribution in [-0.4, -0.2) is 40.9 Å². The summed E-state index contributed by atoms with van der Waals surface area (Å²) < 4.78 is 5.21. The molecule has 1 rings (SSSR count). The number of carbonyl (C=O) groups is 2. The lowest BCUT2D eigenvalue weighted by atomic mass is 10.0. The largest absolute Gasteiger partial charge is 0.480 e. The maximum absolute atomic E-state index is 11.7. The van der Waals surface area contributed by atoms with Gasteiger partial charge in [-0.05, 0) is 40.5 Å². The maximum atomic E-state index is 11.7. The van der Waals surface area contributed by atoms with Crippen LogP contribution in [0.5, 0.6) is 0 Å². The first-order valence-electron chi connectivity index (χ1n) is 7.17. The fourth-order valence-corrected chi connectivity index (χ4v) is 2.32. The molecule has 1 heterocycles. The van der Waals surface area contributed by atoms with Gasteiger partial charge in [-0.25, -0.2) is 4.79 Å². The predicted molar refractivity (Wildman–Crippen MR) is 75.6 cm³/mol. The summed E-state index contributed by atoms with van der Waals surface area (Å²) in [6.07, 6.45) is 2.86. The smallest absolute Gasteiger partial charge is 0.407 e. The number of rotatable bonds is 3. The summed E-state index contributed by atoms with van der Waals surface area (Å²) in [5, 5.41) is 15.0. The van der Waals surface area contributed by atoms with Crippen molar-refractivity contribution < 1.29 is 19.4 Å². The monoisotopic (exact) mass is 286 g/mol. The molecule has 1 aliphatic heterocycles. The van der Waals surface area contributed by atoms with Gasteiger partial charge in [-0.2, -0.15) is 0 Å². The van der Waals surface area contributed by atoms with Crippen molar-refractivity contribution in [3.05, 3.63) is 0 Å². The van der Waals surface area contributed by atoms with E-state index in [1.807, 2.05) is 27.7 Å². The molecule has 0 radical (unpaired) electrons. The molecule has 3 N–H and O–H groups in total. The van der Waals surface area contributed by atoms with E-state index < -0.39 is 23.7 Å². The minimum atomic E-state index is -0.832. The van der Waals surface area contributed by atoms with Crippen LogP contribution in [0.1, 0.15) is 53.4 Å². The third kappa shape index (κ3) is 5.77. The van der Waals surface area contributed by atoms with Crippen LogP contribution in [0.2, 0.25) is 0 Å². The Bertz CT molecular complexity index is 352. The van der Waals surface area contributed by atoms with Gasteiger partial charge in [0.15, 0.2) is 0 Å². The standard InChI is InChI=1S/C14H26N2O4/c1-9(15-13(19)20-14(2,3)4)10-7-5-6-8-11(16-10)12(17)18/h9-11,16H,5-8H2,1-4H3,(H,15,19)(H,17,18)/t9-,10+,11-/m0/s1. The number of alkyl carbamates (subject to hydrolysis) is 1. The summed E-state index contributed by atoms with van der Waals surface area (Å²) in [5.74, 6) is -0.832. The highest BCUT2D eigenvalue weighted by atomic mass is 16.6. The Kier molecular flexibility index (Phi) is 5.80. The molecule has 0 saturated carbocycles. The van der Waals surface area contributed by atoms with Crippen molar-refractivity contribution in [1.29, 1.82) is 0 Å². The quantitative estimate of drug-likeness (QED) is 0.737. The van der Waals surface area contributed by atoms with E-state index >= 15 is 0 Å². The average Bonchev–Trinajstić information content (AvgIpc) is 2.51. The topological polar surface area (TPSA) is 87.7 Å². The van der Waals surface area contributed by atoms with Crippen molar-refractivity contribution in [2.24, 2.45) is 0 Å². The molecule has 3 atom stereocenters. The van der Waals surface area contributed by atoms with Gasteiger partial charge in [0.1, 0.15) is 11.6 Å². The predicted octanol–water partition coefficient (Wildman–Crippen LogP) is 1.89. The van der Waals surface area contributed by atoms with E-state index in [1.165, 1.54) is 0 Å². The zero-order valence-electron chi connectivity index (χ0n) is 12.7. The van der Waals surface area contributed by atoms with Gasteiger partial charge in [-0.1, -0.05) is 12.8 Å². The highest BCUT2D eigenvalue weighted by Crippen LogP contribution is 2.16. The van der Waals surface area contributed by atoms with Crippen LogP contribution in [0.25, 0.3) is 0 Å². The van der Waals surface area contributed by atoms with Crippen molar-refractivity contribution in [3.63, 3.8) is 0 Å². The molecular weight excluding hydrogens is 260 g/mol. The lowest BCUT2D eigenvalue weighted by molar-refractivity contribution is -0.139. The van der Waals surface area contributed by atoms with Gasteiger partial charge >= 0.3 is 12.1 Å². The van der Waals surface area contributed by atoms with E-state index in [4.69, 9.17) is 9.84 Å². The zero-order chi connectivity index (χ0) is 15.3. The highest BCUT2D eigenvalue weighted by Gasteiger charge is 2.29. The van der Waals surface area contributed by atoms with E-state index in [1.54, 1.807) is 0 Å². The molecule has 0 aromatic heterocycles. The molecule has 1 saturated heterocycles. The number of carboxylic acid groups (broad SMARTS) is 1. The van der Waals surface area contributed by atoms with Crippen LogP contribution >= 0.6 is 0 Å². The highest BCUT2D eigenvalue weighted by molar-refractivity contribution is 5.73. The van der Waals surface area contributed by atoms with E-state index in [2.05, 4.69) is 10.6 Å². The number of hydrogen-bond acceptors (Lipinski definition) is 4. The van der Waals surface area contributed by atoms with Crippen LogP contribution < -0.4 is 10.6 Å². The minimum Gasteiger partial charge on any atom is -0.480 e. The summed E-state index contributed by atoms with van der Waals surface area (Å²) in [6, 6.07) is -0.763. The van der Waals surface area contributed by atoms with Crippen molar-refractivity contribution in [2.45, 2.75) is 77.1 Å². The molecule has 0 aromatic carbocycles. The molecule has 0 aliphatic carbocycles. The Balaban J connectivity index is 2.54. The van der Waals surface area contributed by atoms with Gasteiger partial charge < -0.3 is 15.2 Å². The zero-order valence-corrected chi connectivity index (χ0v) is 12.7. The van der Waals surface area contributed by atoms with Gasteiger partial charge in [0.25, 0.3) is 0 Å². The Morgan fingerprint density at radius 2 is 1.90 bits per heavy atom. The summed E-state index contributed by atoms with van der Waals surface area (Å²) in [7, 11) is 0. The van der Waals surface area contributed by atoms with E-state index in [-0.39, 0.29) is 12.1 Å². The normalized spacial score (nSPS) is 25.4. The second kappa shape index (κ2) is 6.92. The molecule has 1 aliphatic rings. The number of hydrogen-bond donors (Lipinski definition) is 3. The maximum Gasteiger partial charge on any atom is 0.407 e. The van der Waals surface area contributed by atoms with Crippen molar-refractivity contribution in [2.75, 3.05) is 0 Å². The first-order valence-corrected chi connectivity index (χ1v) is 7.17. The first kappa shape index (κ1) is 16.8. The third-order valence-electron chi connectivity index (χ3n) is 3.32. The number of aliphatic carboxylic acids is 1. The molecule has 0 unspecified atom stereocenters. The van der Waals surface area contributed by atoms with Gasteiger partial charge in [0.2, 0.25) is 0 Å². The first-order chi connectivity index (χ1) is 9.19. The molecule has 0 bridgehead atoms. The second-order valence-corrected chi connectivity index (χ2v) is 6.38. The Morgan fingerprint density at radius 1 is 1.30 bits per heavy atom. The van der Waals surface area contributed by atoms with Crippen molar-refractivity contribution >= 4 is 12.1 Å². The van der Waals surface area contributed by atoms with Crippen LogP contribution in [0.3, 0.4) is 0 Å². The van der Waals surface area contributed by atoms with E-state index in [9.17, 15) is 9.59 Å². The Labute approximate surface area is 120 Å². The minimum absolute atomic E-state index is 0.0499. The lowest BCUT2D eigenvalue weighted by Crippen LogP contribution is -2.53. The van der Waals surface area contributed by atoms with E-state index in [0.717, 1.165) is 19.3 Å². The van der Waals surface area contributed by atoms with Crippen LogP contribution in [0.15, 0.2) is 0 Å². The van der Waals surface area contributed by atoms with Crippen LogP contribution in [-0.2, 0) is 9.53 Å². The fourth-order valence-electron chi connectivity index (χ4n) is 2.32. The van der Waals surface area contributed by atoms with Crippen molar-refractivity contribution in [3.8, 4) is 0 Å².